The number of thiazole rings is 1. The van der Waals surface area contributed by atoms with Crippen LogP contribution >= 0.6 is 22.7 Å². The van der Waals surface area contributed by atoms with E-state index < -0.39 is 0 Å². The number of carbonyl (C=O) groups is 2. The van der Waals surface area contributed by atoms with Crippen molar-refractivity contribution in [2.45, 2.75) is 38.0 Å². The summed E-state index contributed by atoms with van der Waals surface area (Å²) in [5.41, 5.74) is 1.04. The van der Waals surface area contributed by atoms with Crippen molar-refractivity contribution in [2.75, 3.05) is 19.6 Å². The molecule has 26 heavy (non-hydrogen) atoms. The molecule has 1 aliphatic heterocycles. The van der Waals surface area contributed by atoms with Crippen LogP contribution in [0.15, 0.2) is 22.9 Å². The second-order valence-electron chi connectivity index (χ2n) is 7.06. The normalized spacial score (nSPS) is 20.2. The Morgan fingerprint density at radius 2 is 2.15 bits per heavy atom. The number of likely N-dealkylation sites (tertiary alicyclic amines) is 1. The van der Waals surface area contributed by atoms with Gasteiger partial charge in [0.05, 0.1) is 15.6 Å². The number of piperidine rings is 1. The second kappa shape index (κ2) is 7.88. The molecule has 2 aliphatic rings. The summed E-state index contributed by atoms with van der Waals surface area (Å²) in [6.07, 6.45) is 4.96. The van der Waals surface area contributed by atoms with Gasteiger partial charge >= 0.3 is 0 Å². The number of hydrogen-bond acceptors (Lipinski definition) is 5. The maximum Gasteiger partial charge on any atom is 0.263 e. The van der Waals surface area contributed by atoms with Crippen LogP contribution in [0.2, 0.25) is 0 Å². The fourth-order valence-electron chi connectivity index (χ4n) is 3.35. The molecule has 1 aliphatic carbocycles. The monoisotopic (exact) mass is 389 g/mol. The molecule has 1 saturated heterocycles. The minimum atomic E-state index is 0.143. The van der Waals surface area contributed by atoms with Crippen molar-refractivity contribution in [2.24, 2.45) is 5.92 Å². The second-order valence-corrected chi connectivity index (χ2v) is 8.90. The van der Waals surface area contributed by atoms with Gasteiger partial charge in [0.1, 0.15) is 0 Å². The highest BCUT2D eigenvalue weighted by Crippen LogP contribution is 2.31. The van der Waals surface area contributed by atoms with E-state index in [1.165, 1.54) is 11.3 Å². The summed E-state index contributed by atoms with van der Waals surface area (Å²) in [7, 11) is 0. The molecular formula is C19H23N3O2S2. The number of nitrogens with zero attached hydrogens (tertiary/aromatic N) is 2. The van der Waals surface area contributed by atoms with Gasteiger partial charge in [0.25, 0.3) is 5.91 Å². The van der Waals surface area contributed by atoms with Crippen LogP contribution < -0.4 is 5.32 Å². The molecule has 1 atom stereocenters. The van der Waals surface area contributed by atoms with Crippen molar-refractivity contribution in [1.29, 1.82) is 0 Å². The molecule has 2 aromatic rings. The van der Waals surface area contributed by atoms with Crippen molar-refractivity contribution >= 4 is 34.5 Å². The molecule has 0 unspecified atom stereocenters. The van der Waals surface area contributed by atoms with Crippen LogP contribution in [0.5, 0.6) is 0 Å². The molecule has 1 N–H and O–H groups in total. The first kappa shape index (κ1) is 17.7. The molecule has 138 valence electrons. The first-order chi connectivity index (χ1) is 12.7. The van der Waals surface area contributed by atoms with Gasteiger partial charge in [-0.2, -0.15) is 0 Å². The molecule has 3 heterocycles. The van der Waals surface area contributed by atoms with Gasteiger partial charge < -0.3 is 10.2 Å². The lowest BCUT2D eigenvalue weighted by molar-refractivity contribution is -0.122. The van der Waals surface area contributed by atoms with Crippen LogP contribution in [0.1, 0.15) is 52.0 Å². The SMILES string of the molecule is O=C(NCCc1csc([C@H]2CCCN(C(=O)c3cccs3)C2)n1)C1CC1. The fourth-order valence-corrected chi connectivity index (χ4v) is 5.02. The zero-order valence-electron chi connectivity index (χ0n) is 14.6. The average molecular weight is 390 g/mol. The summed E-state index contributed by atoms with van der Waals surface area (Å²) < 4.78 is 0. The quantitative estimate of drug-likeness (QED) is 0.825. The van der Waals surface area contributed by atoms with Gasteiger partial charge in [-0.3, -0.25) is 9.59 Å². The zero-order valence-corrected chi connectivity index (χ0v) is 16.3. The molecule has 2 aromatic heterocycles. The average Bonchev–Trinajstić information content (AvgIpc) is 3.18. The molecule has 0 spiro atoms. The molecular weight excluding hydrogens is 366 g/mol. The molecule has 0 radical (unpaired) electrons. The van der Waals surface area contributed by atoms with E-state index in [-0.39, 0.29) is 17.7 Å². The molecule has 4 rings (SSSR count). The maximum absolute atomic E-state index is 12.6. The minimum Gasteiger partial charge on any atom is -0.355 e. The number of hydrogen-bond donors (Lipinski definition) is 1. The third kappa shape index (κ3) is 4.15. The smallest absolute Gasteiger partial charge is 0.263 e. The molecule has 7 heteroatoms. The number of amides is 2. The van der Waals surface area contributed by atoms with Crippen LogP contribution in [0.25, 0.3) is 0 Å². The van der Waals surface area contributed by atoms with Gasteiger partial charge in [-0.1, -0.05) is 6.07 Å². The van der Waals surface area contributed by atoms with Crippen LogP contribution in [-0.2, 0) is 11.2 Å². The van der Waals surface area contributed by atoms with Crippen LogP contribution in [0, 0.1) is 5.92 Å². The summed E-state index contributed by atoms with van der Waals surface area (Å²) in [5.74, 6) is 0.919. The van der Waals surface area contributed by atoms with Gasteiger partial charge in [0.2, 0.25) is 5.91 Å². The van der Waals surface area contributed by atoms with Crippen molar-refractivity contribution in [3.63, 3.8) is 0 Å². The Hall–Kier alpha value is -1.73. The van der Waals surface area contributed by atoms with Gasteiger partial charge in [-0.05, 0) is 37.1 Å². The number of nitrogens with one attached hydrogen (secondary N) is 1. The van der Waals surface area contributed by atoms with Gasteiger partial charge in [-0.25, -0.2) is 4.98 Å². The van der Waals surface area contributed by atoms with E-state index in [1.807, 2.05) is 22.4 Å². The summed E-state index contributed by atoms with van der Waals surface area (Å²) in [6, 6.07) is 3.82. The first-order valence-electron chi connectivity index (χ1n) is 9.25. The third-order valence-electron chi connectivity index (χ3n) is 4.99. The van der Waals surface area contributed by atoms with Crippen molar-refractivity contribution in [3.8, 4) is 0 Å². The van der Waals surface area contributed by atoms with Gasteiger partial charge in [-0.15, -0.1) is 22.7 Å². The van der Waals surface area contributed by atoms with E-state index in [4.69, 9.17) is 4.98 Å². The summed E-state index contributed by atoms with van der Waals surface area (Å²) >= 11 is 3.19. The lowest BCUT2D eigenvalue weighted by atomic mass is 9.98. The number of aromatic nitrogens is 1. The van der Waals surface area contributed by atoms with E-state index in [0.717, 1.165) is 60.8 Å². The standard InChI is InChI=1S/C19H23N3O2S2/c23-17(13-5-6-13)20-8-7-15-12-26-18(21-15)14-3-1-9-22(11-14)19(24)16-4-2-10-25-16/h2,4,10,12-14H,1,3,5-9,11H2,(H,20,23)/t14-/m0/s1. The molecule has 0 aromatic carbocycles. The van der Waals surface area contributed by atoms with Crippen LogP contribution in [0.3, 0.4) is 0 Å². The number of carbonyl (C=O) groups excluding carboxylic acids is 2. The Morgan fingerprint density at radius 1 is 1.27 bits per heavy atom. The van der Waals surface area contributed by atoms with E-state index in [1.54, 1.807) is 11.3 Å². The zero-order chi connectivity index (χ0) is 17.9. The van der Waals surface area contributed by atoms with E-state index in [9.17, 15) is 9.59 Å². The molecule has 1 saturated carbocycles. The lowest BCUT2D eigenvalue weighted by Gasteiger charge is -2.31. The predicted octanol–water partition coefficient (Wildman–Crippen LogP) is 3.29. The third-order valence-corrected chi connectivity index (χ3v) is 6.90. The first-order valence-corrected chi connectivity index (χ1v) is 11.0. The molecule has 0 bridgehead atoms. The molecule has 2 amide bonds. The molecule has 5 nitrogen and oxygen atoms in total. The Labute approximate surface area is 161 Å². The topological polar surface area (TPSA) is 62.3 Å². The Morgan fingerprint density at radius 3 is 2.92 bits per heavy atom. The van der Waals surface area contributed by atoms with Crippen LogP contribution in [0.4, 0.5) is 0 Å². The van der Waals surface area contributed by atoms with Gasteiger partial charge in [0.15, 0.2) is 0 Å². The van der Waals surface area contributed by atoms with Crippen LogP contribution in [-0.4, -0.2) is 41.3 Å². The number of rotatable bonds is 6. The van der Waals surface area contributed by atoms with Gasteiger partial charge in [0, 0.05) is 43.3 Å². The largest absolute Gasteiger partial charge is 0.355 e. The summed E-state index contributed by atoms with van der Waals surface area (Å²) in [4.78, 5) is 31.8. The van der Waals surface area contributed by atoms with E-state index in [0.29, 0.717) is 12.5 Å². The van der Waals surface area contributed by atoms with E-state index in [2.05, 4.69) is 10.7 Å². The lowest BCUT2D eigenvalue weighted by Crippen LogP contribution is -2.38. The van der Waals surface area contributed by atoms with E-state index >= 15 is 0 Å². The summed E-state index contributed by atoms with van der Waals surface area (Å²) in [6.45, 7) is 2.24. The van der Waals surface area contributed by atoms with Crippen molar-refractivity contribution in [1.82, 2.24) is 15.2 Å². The minimum absolute atomic E-state index is 0.143. The highest BCUT2D eigenvalue weighted by atomic mass is 32.1. The Bertz CT molecular complexity index is 768. The maximum atomic E-state index is 12.6. The van der Waals surface area contributed by atoms with Crippen molar-refractivity contribution < 1.29 is 9.59 Å². The highest BCUT2D eigenvalue weighted by Gasteiger charge is 2.29. The highest BCUT2D eigenvalue weighted by molar-refractivity contribution is 7.12. The fraction of sp³-hybridized carbons (Fsp3) is 0.526. The Kier molecular flexibility index (Phi) is 5.36. The predicted molar refractivity (Wildman–Crippen MR) is 104 cm³/mol. The molecule has 2 fully saturated rings. The van der Waals surface area contributed by atoms with Crippen molar-refractivity contribution in [3.05, 3.63) is 38.5 Å². The summed E-state index contributed by atoms with van der Waals surface area (Å²) in [5, 5.41) is 8.16. The number of thiophene rings is 1. The Balaban J connectivity index is 1.31.